The van der Waals surface area contributed by atoms with E-state index in [0.717, 1.165) is 67.3 Å². The van der Waals surface area contributed by atoms with Crippen molar-refractivity contribution >= 4 is 16.9 Å². The molecule has 4 rings (SSSR count). The molecule has 6 heteroatoms. The largest absolute Gasteiger partial charge is 0.379 e. The highest BCUT2D eigenvalue weighted by Crippen LogP contribution is 2.22. The Hall–Kier alpha value is -2.70. The summed E-state index contributed by atoms with van der Waals surface area (Å²) < 4.78 is 5.35. The van der Waals surface area contributed by atoms with Gasteiger partial charge in [-0.15, -0.1) is 0 Å². The number of rotatable bonds is 6. The van der Waals surface area contributed by atoms with Gasteiger partial charge < -0.3 is 15.0 Å². The van der Waals surface area contributed by atoms with E-state index in [4.69, 9.17) is 9.72 Å². The number of benzene rings is 2. The number of para-hydroxylation sites is 1. The maximum absolute atomic E-state index is 12.4. The average molecular weight is 378 g/mol. The molecule has 2 aromatic carbocycles. The Labute approximate surface area is 164 Å². The minimum Gasteiger partial charge on any atom is -0.379 e. The van der Waals surface area contributed by atoms with E-state index in [9.17, 15) is 4.79 Å². The molecular formula is C22H26N4O2. The van der Waals surface area contributed by atoms with Crippen LogP contribution in [0.15, 0.2) is 42.5 Å². The highest BCUT2D eigenvalue weighted by Gasteiger charge is 2.11. The van der Waals surface area contributed by atoms with Crippen molar-refractivity contribution in [3.63, 3.8) is 0 Å². The van der Waals surface area contributed by atoms with Gasteiger partial charge in [0, 0.05) is 30.8 Å². The van der Waals surface area contributed by atoms with E-state index < -0.39 is 0 Å². The Kier molecular flexibility index (Phi) is 5.69. The zero-order valence-corrected chi connectivity index (χ0v) is 16.2. The number of fused-ring (bicyclic) bond motifs is 1. The summed E-state index contributed by atoms with van der Waals surface area (Å²) >= 11 is 0. The molecule has 146 valence electrons. The smallest absolute Gasteiger partial charge is 0.251 e. The van der Waals surface area contributed by atoms with Gasteiger partial charge in [-0.3, -0.25) is 9.69 Å². The van der Waals surface area contributed by atoms with Gasteiger partial charge in [-0.2, -0.15) is 0 Å². The standard InChI is InChI=1S/C22H26N4O2/c1-16-4-2-5-19-20(16)25-21(24-19)17-6-8-18(9-7-17)22(27)23-10-3-11-26-12-14-28-15-13-26/h2,4-9H,3,10-15H2,1H3,(H,23,27)(H,24,25). The molecule has 1 amide bonds. The van der Waals surface area contributed by atoms with Crippen LogP contribution in [0.5, 0.6) is 0 Å². The molecule has 6 nitrogen and oxygen atoms in total. The van der Waals surface area contributed by atoms with Crippen LogP contribution in [0.1, 0.15) is 22.3 Å². The van der Waals surface area contributed by atoms with Gasteiger partial charge in [0.1, 0.15) is 5.82 Å². The molecule has 3 aromatic rings. The van der Waals surface area contributed by atoms with Crippen LogP contribution in [0, 0.1) is 6.92 Å². The number of imidazole rings is 1. The molecule has 1 aliphatic heterocycles. The fraction of sp³-hybridized carbons (Fsp3) is 0.364. The number of nitrogens with one attached hydrogen (secondary N) is 2. The number of aromatic nitrogens is 2. The molecule has 2 heterocycles. The summed E-state index contributed by atoms with van der Waals surface area (Å²) in [7, 11) is 0. The summed E-state index contributed by atoms with van der Waals surface area (Å²) in [6, 6.07) is 13.7. The van der Waals surface area contributed by atoms with Crippen LogP contribution in [-0.2, 0) is 4.74 Å². The van der Waals surface area contributed by atoms with Crippen molar-refractivity contribution < 1.29 is 9.53 Å². The van der Waals surface area contributed by atoms with Crippen LogP contribution in [-0.4, -0.2) is 60.2 Å². The normalized spacial score (nSPS) is 15.0. The second-order valence-corrected chi connectivity index (χ2v) is 7.20. The first kappa shape index (κ1) is 18.7. The molecule has 28 heavy (non-hydrogen) atoms. The molecule has 0 atom stereocenters. The first-order chi connectivity index (χ1) is 13.7. The first-order valence-corrected chi connectivity index (χ1v) is 9.85. The quantitative estimate of drug-likeness (QED) is 0.647. The van der Waals surface area contributed by atoms with E-state index in [0.29, 0.717) is 12.1 Å². The number of hydrogen-bond acceptors (Lipinski definition) is 4. The van der Waals surface area contributed by atoms with Crippen LogP contribution in [0.25, 0.3) is 22.4 Å². The lowest BCUT2D eigenvalue weighted by atomic mass is 10.1. The minimum absolute atomic E-state index is 0.0334. The molecule has 1 saturated heterocycles. The van der Waals surface area contributed by atoms with Gasteiger partial charge >= 0.3 is 0 Å². The Bertz CT molecular complexity index is 943. The predicted octanol–water partition coefficient (Wildman–Crippen LogP) is 2.99. The van der Waals surface area contributed by atoms with E-state index in [-0.39, 0.29) is 5.91 Å². The summed E-state index contributed by atoms with van der Waals surface area (Å²) in [4.78, 5) is 22.8. The number of nitrogens with zero attached hydrogens (tertiary/aromatic N) is 2. The maximum Gasteiger partial charge on any atom is 0.251 e. The fourth-order valence-electron chi connectivity index (χ4n) is 3.52. The summed E-state index contributed by atoms with van der Waals surface area (Å²) in [5, 5.41) is 3.01. The topological polar surface area (TPSA) is 70.2 Å². The van der Waals surface area contributed by atoms with Crippen LogP contribution >= 0.6 is 0 Å². The number of H-pyrrole nitrogens is 1. The van der Waals surface area contributed by atoms with Gasteiger partial charge in [-0.05, 0) is 43.7 Å². The number of morpholine rings is 1. The van der Waals surface area contributed by atoms with Crippen LogP contribution in [0.4, 0.5) is 0 Å². The van der Waals surface area contributed by atoms with Crippen LogP contribution in [0.3, 0.4) is 0 Å². The van der Waals surface area contributed by atoms with Crippen molar-refractivity contribution in [3.05, 3.63) is 53.6 Å². The van der Waals surface area contributed by atoms with Crippen molar-refractivity contribution in [1.82, 2.24) is 20.2 Å². The summed E-state index contributed by atoms with van der Waals surface area (Å²) in [5.74, 6) is 0.788. The highest BCUT2D eigenvalue weighted by molar-refractivity contribution is 5.94. The lowest BCUT2D eigenvalue weighted by Crippen LogP contribution is -2.38. The van der Waals surface area contributed by atoms with Crippen LogP contribution in [0.2, 0.25) is 0 Å². The second-order valence-electron chi connectivity index (χ2n) is 7.20. The van der Waals surface area contributed by atoms with Gasteiger partial charge in [0.2, 0.25) is 0 Å². The Morgan fingerprint density at radius 2 is 1.96 bits per heavy atom. The van der Waals surface area contributed by atoms with Crippen molar-refractivity contribution in [2.45, 2.75) is 13.3 Å². The van der Waals surface area contributed by atoms with Crippen molar-refractivity contribution in [1.29, 1.82) is 0 Å². The molecule has 1 fully saturated rings. The zero-order valence-electron chi connectivity index (χ0n) is 16.2. The molecule has 0 bridgehead atoms. The molecule has 0 unspecified atom stereocenters. The molecule has 0 spiro atoms. The number of aryl methyl sites for hydroxylation is 1. The van der Waals surface area contributed by atoms with E-state index in [1.165, 1.54) is 0 Å². The van der Waals surface area contributed by atoms with Gasteiger partial charge in [-0.25, -0.2) is 4.98 Å². The average Bonchev–Trinajstić information content (AvgIpc) is 3.18. The Morgan fingerprint density at radius 3 is 2.71 bits per heavy atom. The lowest BCUT2D eigenvalue weighted by Gasteiger charge is -2.26. The van der Waals surface area contributed by atoms with E-state index in [1.807, 2.05) is 36.4 Å². The van der Waals surface area contributed by atoms with Gasteiger partial charge in [0.05, 0.1) is 24.2 Å². The third kappa shape index (κ3) is 4.24. The molecule has 1 aromatic heterocycles. The summed E-state index contributed by atoms with van der Waals surface area (Å²) in [5.41, 5.74) is 4.80. The SMILES string of the molecule is Cc1cccc2[nH]c(-c3ccc(C(=O)NCCCN4CCOCC4)cc3)nc12. The van der Waals surface area contributed by atoms with Gasteiger partial charge in [0.15, 0.2) is 0 Å². The third-order valence-electron chi connectivity index (χ3n) is 5.18. The number of hydrogen-bond donors (Lipinski definition) is 2. The number of aromatic amines is 1. The predicted molar refractivity (Wildman–Crippen MR) is 110 cm³/mol. The first-order valence-electron chi connectivity index (χ1n) is 9.85. The molecule has 1 aliphatic rings. The minimum atomic E-state index is -0.0334. The summed E-state index contributed by atoms with van der Waals surface area (Å²) in [6.07, 6.45) is 0.947. The van der Waals surface area contributed by atoms with Crippen LogP contribution < -0.4 is 5.32 Å². The number of carbonyl (C=O) groups is 1. The highest BCUT2D eigenvalue weighted by atomic mass is 16.5. The monoisotopic (exact) mass is 378 g/mol. The molecule has 0 aliphatic carbocycles. The maximum atomic E-state index is 12.4. The number of amides is 1. The molecule has 2 N–H and O–H groups in total. The van der Waals surface area contributed by atoms with E-state index in [1.54, 1.807) is 0 Å². The van der Waals surface area contributed by atoms with E-state index >= 15 is 0 Å². The van der Waals surface area contributed by atoms with Gasteiger partial charge in [0.25, 0.3) is 5.91 Å². The number of carbonyl (C=O) groups excluding carboxylic acids is 1. The Balaban J connectivity index is 1.33. The molecule has 0 saturated carbocycles. The second kappa shape index (κ2) is 8.54. The van der Waals surface area contributed by atoms with Crippen molar-refractivity contribution in [2.24, 2.45) is 0 Å². The summed E-state index contributed by atoms with van der Waals surface area (Å²) in [6.45, 7) is 7.31. The number of ether oxygens (including phenoxy) is 1. The van der Waals surface area contributed by atoms with Gasteiger partial charge in [-0.1, -0.05) is 24.3 Å². The molecular weight excluding hydrogens is 352 g/mol. The van der Waals surface area contributed by atoms with Crippen molar-refractivity contribution in [2.75, 3.05) is 39.4 Å². The fourth-order valence-corrected chi connectivity index (χ4v) is 3.52. The zero-order chi connectivity index (χ0) is 19.3. The van der Waals surface area contributed by atoms with E-state index in [2.05, 4.69) is 28.2 Å². The Morgan fingerprint density at radius 1 is 1.18 bits per heavy atom. The molecule has 0 radical (unpaired) electrons. The third-order valence-corrected chi connectivity index (χ3v) is 5.18. The lowest BCUT2D eigenvalue weighted by molar-refractivity contribution is 0.0374. The van der Waals surface area contributed by atoms with Crippen molar-refractivity contribution in [3.8, 4) is 11.4 Å².